The Morgan fingerprint density at radius 2 is 1.93 bits per heavy atom. The summed E-state index contributed by atoms with van der Waals surface area (Å²) in [4.78, 5) is 16.2. The van der Waals surface area contributed by atoms with Crippen LogP contribution >= 0.6 is 22.9 Å². The van der Waals surface area contributed by atoms with Crippen molar-refractivity contribution in [3.05, 3.63) is 74.9 Å². The Hall–Kier alpha value is -2.70. The van der Waals surface area contributed by atoms with E-state index in [2.05, 4.69) is 11.4 Å². The van der Waals surface area contributed by atoms with E-state index in [9.17, 15) is 4.79 Å². The number of benzene rings is 2. The summed E-state index contributed by atoms with van der Waals surface area (Å²) in [6, 6.07) is 14.9. The molecule has 7 heteroatoms. The van der Waals surface area contributed by atoms with Crippen molar-refractivity contribution in [3.63, 3.8) is 0 Å². The van der Waals surface area contributed by atoms with Crippen molar-refractivity contribution >= 4 is 34.7 Å². The van der Waals surface area contributed by atoms with Gasteiger partial charge in [-0.1, -0.05) is 23.7 Å². The van der Waals surface area contributed by atoms with Gasteiger partial charge in [0.25, 0.3) is 0 Å². The fourth-order valence-corrected chi connectivity index (χ4v) is 4.72. The van der Waals surface area contributed by atoms with Gasteiger partial charge in [0.2, 0.25) is 0 Å². The third kappa shape index (κ3) is 3.91. The molecule has 0 saturated carbocycles. The molecule has 1 aromatic heterocycles. The predicted molar refractivity (Wildman–Crippen MR) is 117 cm³/mol. The Bertz CT molecular complexity index is 1020. The SMILES string of the molecule is COc1cc2c(cc1OC)C(c1cccs1)N(C(=O)Nc1cccc(Cl)c1)CC2. The molecule has 2 amide bonds. The van der Waals surface area contributed by atoms with Crippen LogP contribution in [0.25, 0.3) is 0 Å². The first-order valence-corrected chi connectivity index (χ1v) is 10.5. The van der Waals surface area contributed by atoms with Gasteiger partial charge < -0.3 is 19.7 Å². The number of thiophene rings is 1. The maximum atomic E-state index is 13.2. The summed E-state index contributed by atoms with van der Waals surface area (Å²) in [6.07, 6.45) is 0.737. The molecule has 150 valence electrons. The van der Waals surface area contributed by atoms with E-state index in [1.807, 2.05) is 40.6 Å². The minimum absolute atomic E-state index is 0.161. The Morgan fingerprint density at radius 1 is 1.14 bits per heavy atom. The number of anilines is 1. The molecule has 0 radical (unpaired) electrons. The van der Waals surface area contributed by atoms with Crippen LogP contribution in [0.15, 0.2) is 53.9 Å². The Morgan fingerprint density at radius 3 is 2.62 bits per heavy atom. The van der Waals surface area contributed by atoms with Gasteiger partial charge in [-0.3, -0.25) is 0 Å². The van der Waals surface area contributed by atoms with E-state index in [0.29, 0.717) is 28.8 Å². The first kappa shape index (κ1) is 19.6. The monoisotopic (exact) mass is 428 g/mol. The molecule has 1 aliphatic rings. The summed E-state index contributed by atoms with van der Waals surface area (Å²) in [5, 5.41) is 5.58. The fraction of sp³-hybridized carbons (Fsp3) is 0.227. The molecule has 0 aliphatic carbocycles. The molecule has 5 nitrogen and oxygen atoms in total. The predicted octanol–water partition coefficient (Wildman–Crippen LogP) is 5.60. The van der Waals surface area contributed by atoms with Crippen LogP contribution in [-0.4, -0.2) is 31.7 Å². The summed E-state index contributed by atoms with van der Waals surface area (Å²) >= 11 is 7.70. The number of carbonyl (C=O) groups excluding carboxylic acids is 1. The normalized spacial score (nSPS) is 15.6. The van der Waals surface area contributed by atoms with E-state index in [4.69, 9.17) is 21.1 Å². The molecule has 1 N–H and O–H groups in total. The third-order valence-electron chi connectivity index (χ3n) is 5.02. The average molecular weight is 429 g/mol. The zero-order chi connectivity index (χ0) is 20.4. The summed E-state index contributed by atoms with van der Waals surface area (Å²) in [7, 11) is 3.26. The third-order valence-corrected chi connectivity index (χ3v) is 6.18. The number of nitrogens with one attached hydrogen (secondary N) is 1. The smallest absolute Gasteiger partial charge is 0.322 e. The Labute approximate surface area is 178 Å². The van der Waals surface area contributed by atoms with Crippen molar-refractivity contribution in [2.45, 2.75) is 12.5 Å². The molecule has 2 aromatic carbocycles. The van der Waals surface area contributed by atoms with Gasteiger partial charge in [-0.15, -0.1) is 11.3 Å². The first-order chi connectivity index (χ1) is 14.1. The maximum absolute atomic E-state index is 13.2. The van der Waals surface area contributed by atoms with Crippen LogP contribution in [0.2, 0.25) is 5.02 Å². The second-order valence-corrected chi connectivity index (χ2v) is 8.12. The second kappa shape index (κ2) is 8.35. The topological polar surface area (TPSA) is 50.8 Å². The quantitative estimate of drug-likeness (QED) is 0.588. The molecular weight excluding hydrogens is 408 g/mol. The average Bonchev–Trinajstić information content (AvgIpc) is 3.26. The van der Waals surface area contributed by atoms with Gasteiger partial charge in [0.1, 0.15) is 0 Å². The van der Waals surface area contributed by atoms with Crippen molar-refractivity contribution in [1.82, 2.24) is 4.90 Å². The minimum Gasteiger partial charge on any atom is -0.493 e. The Kier molecular flexibility index (Phi) is 5.65. The zero-order valence-corrected chi connectivity index (χ0v) is 17.7. The minimum atomic E-state index is -0.197. The van der Waals surface area contributed by atoms with Gasteiger partial charge in [0, 0.05) is 22.1 Å². The lowest BCUT2D eigenvalue weighted by Crippen LogP contribution is -2.42. The number of amides is 2. The van der Waals surface area contributed by atoms with Gasteiger partial charge in [0.05, 0.1) is 20.3 Å². The number of ether oxygens (including phenoxy) is 2. The maximum Gasteiger partial charge on any atom is 0.322 e. The van der Waals surface area contributed by atoms with Crippen LogP contribution in [-0.2, 0) is 6.42 Å². The van der Waals surface area contributed by atoms with Crippen molar-refractivity contribution in [2.75, 3.05) is 26.1 Å². The highest BCUT2D eigenvalue weighted by Gasteiger charge is 2.34. The van der Waals surface area contributed by atoms with E-state index in [1.165, 1.54) is 0 Å². The molecule has 1 atom stereocenters. The van der Waals surface area contributed by atoms with Gasteiger partial charge in [0.15, 0.2) is 11.5 Å². The van der Waals surface area contributed by atoms with Crippen LogP contribution in [0, 0.1) is 0 Å². The van der Waals surface area contributed by atoms with E-state index >= 15 is 0 Å². The van der Waals surface area contributed by atoms with Crippen molar-refractivity contribution in [2.24, 2.45) is 0 Å². The van der Waals surface area contributed by atoms with E-state index in [-0.39, 0.29) is 12.1 Å². The molecular formula is C22H21ClN2O3S. The van der Waals surface area contributed by atoms with Crippen LogP contribution in [0.3, 0.4) is 0 Å². The standard InChI is InChI=1S/C22H21ClN2O3S/c1-27-18-11-14-8-9-25(22(26)24-16-6-3-5-15(23)12-16)21(20-7-4-10-29-20)17(14)13-19(18)28-2/h3-7,10-13,21H,8-9H2,1-2H3,(H,24,26). The summed E-state index contributed by atoms with van der Waals surface area (Å²) in [5.74, 6) is 1.36. The fourth-order valence-electron chi connectivity index (χ4n) is 3.68. The molecule has 3 aromatic rings. The van der Waals surface area contributed by atoms with E-state index in [0.717, 1.165) is 22.4 Å². The number of hydrogen-bond acceptors (Lipinski definition) is 4. The molecule has 0 saturated heterocycles. The number of carbonyl (C=O) groups is 1. The zero-order valence-electron chi connectivity index (χ0n) is 16.1. The van der Waals surface area contributed by atoms with Crippen LogP contribution in [0.5, 0.6) is 11.5 Å². The van der Waals surface area contributed by atoms with Crippen molar-refractivity contribution < 1.29 is 14.3 Å². The summed E-state index contributed by atoms with van der Waals surface area (Å²) in [6.45, 7) is 0.595. The molecule has 0 spiro atoms. The number of nitrogens with zero attached hydrogens (tertiary/aromatic N) is 1. The van der Waals surface area contributed by atoms with Crippen molar-refractivity contribution in [3.8, 4) is 11.5 Å². The number of hydrogen-bond donors (Lipinski definition) is 1. The van der Waals surface area contributed by atoms with Crippen LogP contribution < -0.4 is 14.8 Å². The number of halogens is 1. The van der Waals surface area contributed by atoms with Gasteiger partial charge in [-0.05, 0) is 59.3 Å². The molecule has 4 rings (SSSR count). The number of methoxy groups -OCH3 is 2. The first-order valence-electron chi connectivity index (χ1n) is 9.22. The Balaban J connectivity index is 1.73. The molecule has 2 heterocycles. The number of fused-ring (bicyclic) bond motifs is 1. The molecule has 0 bridgehead atoms. The number of rotatable bonds is 4. The molecule has 1 aliphatic heterocycles. The summed E-state index contributed by atoms with van der Waals surface area (Å²) < 4.78 is 11.0. The van der Waals surface area contributed by atoms with Crippen LogP contribution in [0.4, 0.5) is 10.5 Å². The van der Waals surface area contributed by atoms with Gasteiger partial charge >= 0.3 is 6.03 Å². The molecule has 0 fully saturated rings. The van der Waals surface area contributed by atoms with Crippen LogP contribution in [0.1, 0.15) is 22.0 Å². The van der Waals surface area contributed by atoms with E-state index in [1.54, 1.807) is 37.7 Å². The lowest BCUT2D eigenvalue weighted by molar-refractivity contribution is 0.194. The number of urea groups is 1. The highest BCUT2D eigenvalue weighted by atomic mass is 35.5. The molecule has 29 heavy (non-hydrogen) atoms. The lowest BCUT2D eigenvalue weighted by atomic mass is 9.91. The highest BCUT2D eigenvalue weighted by Crippen LogP contribution is 2.42. The lowest BCUT2D eigenvalue weighted by Gasteiger charge is -2.37. The summed E-state index contributed by atoms with van der Waals surface area (Å²) in [5.41, 5.74) is 2.89. The van der Waals surface area contributed by atoms with Crippen molar-refractivity contribution in [1.29, 1.82) is 0 Å². The molecule has 1 unspecified atom stereocenters. The largest absolute Gasteiger partial charge is 0.493 e. The second-order valence-electron chi connectivity index (χ2n) is 6.71. The van der Waals surface area contributed by atoms with Gasteiger partial charge in [-0.2, -0.15) is 0 Å². The van der Waals surface area contributed by atoms with Gasteiger partial charge in [-0.25, -0.2) is 4.79 Å². The highest BCUT2D eigenvalue weighted by molar-refractivity contribution is 7.10. The van der Waals surface area contributed by atoms with E-state index < -0.39 is 0 Å².